The largest absolute Gasteiger partial charge is 0.391 e. The third kappa shape index (κ3) is 5.86. The molecule has 94 valence electrons. The van der Waals surface area contributed by atoms with E-state index in [0.717, 1.165) is 11.3 Å². The lowest BCUT2D eigenvalue weighted by molar-refractivity contribution is -0.116. The van der Waals surface area contributed by atoms with E-state index < -0.39 is 6.10 Å². The number of carbonyl (C=O) groups is 1. The molecule has 0 saturated carbocycles. The van der Waals surface area contributed by atoms with Crippen molar-refractivity contribution in [2.24, 2.45) is 0 Å². The first-order valence-electron chi connectivity index (χ1n) is 5.51. The number of carbonyl (C=O) groups excluding carboxylic acids is 1. The van der Waals surface area contributed by atoms with Crippen molar-refractivity contribution in [3.8, 4) is 0 Å². The molecule has 0 fully saturated rings. The van der Waals surface area contributed by atoms with Gasteiger partial charge < -0.3 is 10.4 Å². The van der Waals surface area contributed by atoms with Gasteiger partial charge in [-0.1, -0.05) is 24.9 Å². The van der Waals surface area contributed by atoms with Gasteiger partial charge in [-0.25, -0.2) is 0 Å². The first-order chi connectivity index (χ1) is 8.11. The van der Waals surface area contributed by atoms with Crippen LogP contribution in [0.4, 0.5) is 0 Å². The Morgan fingerprint density at radius 1 is 1.65 bits per heavy atom. The molecule has 0 aliphatic heterocycles. The highest BCUT2D eigenvalue weighted by Crippen LogP contribution is 2.22. The molecule has 1 amide bonds. The maximum atomic E-state index is 11.4. The van der Waals surface area contributed by atoms with Gasteiger partial charge in [0.25, 0.3) is 0 Å². The lowest BCUT2D eigenvalue weighted by Gasteiger charge is -2.08. The summed E-state index contributed by atoms with van der Waals surface area (Å²) < 4.78 is 0.698. The van der Waals surface area contributed by atoms with Crippen molar-refractivity contribution < 1.29 is 9.90 Å². The van der Waals surface area contributed by atoms with E-state index in [1.54, 1.807) is 12.1 Å². The van der Waals surface area contributed by atoms with E-state index in [9.17, 15) is 9.90 Å². The fraction of sp³-hybridized carbons (Fsp3) is 0.417. The highest BCUT2D eigenvalue weighted by Gasteiger charge is 2.03. The zero-order chi connectivity index (χ0) is 12.7. The summed E-state index contributed by atoms with van der Waals surface area (Å²) in [4.78, 5) is 12.3. The Kier molecular flexibility index (Phi) is 6.26. The Morgan fingerprint density at radius 3 is 3.00 bits per heavy atom. The van der Waals surface area contributed by atoms with Gasteiger partial charge >= 0.3 is 0 Å². The van der Waals surface area contributed by atoms with Crippen LogP contribution in [0, 0.1) is 0 Å². The number of halogens is 1. The fourth-order valence-corrected chi connectivity index (χ4v) is 2.25. The number of amides is 1. The minimum atomic E-state index is -0.464. The first-order valence-corrected chi connectivity index (χ1v) is 6.70. The molecule has 0 radical (unpaired) electrons. The molecule has 17 heavy (non-hydrogen) atoms. The third-order valence-corrected chi connectivity index (χ3v) is 3.32. The number of nitrogens with one attached hydrogen (secondary N) is 1. The summed E-state index contributed by atoms with van der Waals surface area (Å²) in [7, 11) is 0. The van der Waals surface area contributed by atoms with E-state index in [2.05, 4.69) is 5.32 Å². The second kappa shape index (κ2) is 7.48. The Morgan fingerprint density at radius 2 is 2.41 bits per heavy atom. The Bertz CT molecular complexity index is 390. The maximum Gasteiger partial charge on any atom is 0.244 e. The number of aliphatic hydroxyl groups excluding tert-OH is 1. The van der Waals surface area contributed by atoms with Crippen LogP contribution >= 0.6 is 22.9 Å². The highest BCUT2D eigenvalue weighted by atomic mass is 35.5. The molecular weight excluding hydrogens is 258 g/mol. The molecule has 0 aliphatic carbocycles. The fourth-order valence-electron chi connectivity index (χ4n) is 1.29. The normalized spacial score (nSPS) is 12.9. The lowest BCUT2D eigenvalue weighted by Crippen LogP contribution is -2.30. The molecule has 1 atom stereocenters. The van der Waals surface area contributed by atoms with Gasteiger partial charge in [-0.15, -0.1) is 11.3 Å². The van der Waals surface area contributed by atoms with E-state index in [0.29, 0.717) is 17.3 Å². The van der Waals surface area contributed by atoms with Gasteiger partial charge in [0.05, 0.1) is 10.4 Å². The lowest BCUT2D eigenvalue weighted by atomic mass is 10.2. The van der Waals surface area contributed by atoms with Crippen LogP contribution < -0.4 is 5.32 Å². The number of hydrogen-bond donors (Lipinski definition) is 2. The van der Waals surface area contributed by atoms with Crippen LogP contribution in [0.15, 0.2) is 18.2 Å². The second-order valence-corrected chi connectivity index (χ2v) is 5.41. The van der Waals surface area contributed by atoms with Crippen molar-refractivity contribution in [1.82, 2.24) is 5.32 Å². The topological polar surface area (TPSA) is 49.3 Å². The summed E-state index contributed by atoms with van der Waals surface area (Å²) in [6.45, 7) is 2.29. The van der Waals surface area contributed by atoms with Crippen molar-refractivity contribution in [1.29, 1.82) is 0 Å². The molecule has 1 unspecified atom stereocenters. The Balaban J connectivity index is 2.32. The van der Waals surface area contributed by atoms with E-state index in [1.807, 2.05) is 13.0 Å². The number of hydrogen-bond acceptors (Lipinski definition) is 3. The van der Waals surface area contributed by atoms with Crippen LogP contribution in [0.25, 0.3) is 6.08 Å². The average molecular weight is 274 g/mol. The van der Waals surface area contributed by atoms with Crippen molar-refractivity contribution in [2.75, 3.05) is 6.54 Å². The molecular formula is C12H16ClNO2S. The zero-order valence-corrected chi connectivity index (χ0v) is 11.2. The average Bonchev–Trinajstić information content (AvgIpc) is 2.70. The predicted molar refractivity (Wildman–Crippen MR) is 72.3 cm³/mol. The monoisotopic (exact) mass is 273 g/mol. The standard InChI is InChI=1S/C12H16ClNO2S/c1-2-3-9(15)8-14-12(16)7-5-10-4-6-11(13)17-10/h4-7,9,15H,2-3,8H2,1H3,(H,14,16)/b7-5+. The SMILES string of the molecule is CCCC(O)CNC(=O)/C=C/c1ccc(Cl)s1. The van der Waals surface area contributed by atoms with Crippen molar-refractivity contribution in [2.45, 2.75) is 25.9 Å². The molecule has 0 aromatic carbocycles. The summed E-state index contributed by atoms with van der Waals surface area (Å²) >= 11 is 7.18. The molecule has 1 rings (SSSR count). The zero-order valence-electron chi connectivity index (χ0n) is 9.65. The second-order valence-electron chi connectivity index (χ2n) is 3.66. The first kappa shape index (κ1) is 14.2. The van der Waals surface area contributed by atoms with E-state index >= 15 is 0 Å². The van der Waals surface area contributed by atoms with Crippen LogP contribution in [-0.4, -0.2) is 23.7 Å². The molecule has 0 saturated heterocycles. The van der Waals surface area contributed by atoms with Crippen molar-refractivity contribution in [3.05, 3.63) is 27.4 Å². The summed E-state index contributed by atoms with van der Waals surface area (Å²) in [5.41, 5.74) is 0. The van der Waals surface area contributed by atoms with Crippen LogP contribution in [0.2, 0.25) is 4.34 Å². The van der Waals surface area contributed by atoms with Gasteiger partial charge in [0, 0.05) is 17.5 Å². The van der Waals surface area contributed by atoms with Crippen LogP contribution in [0.3, 0.4) is 0 Å². The molecule has 3 nitrogen and oxygen atoms in total. The molecule has 5 heteroatoms. The van der Waals surface area contributed by atoms with Gasteiger partial charge in [-0.2, -0.15) is 0 Å². The third-order valence-electron chi connectivity index (χ3n) is 2.13. The van der Waals surface area contributed by atoms with Gasteiger partial charge in [0.2, 0.25) is 5.91 Å². The van der Waals surface area contributed by atoms with Crippen molar-refractivity contribution in [3.63, 3.8) is 0 Å². The number of aliphatic hydroxyl groups is 1. The van der Waals surface area contributed by atoms with Gasteiger partial charge in [-0.3, -0.25) is 4.79 Å². The summed E-state index contributed by atoms with van der Waals surface area (Å²) in [5.74, 6) is -0.204. The number of rotatable bonds is 6. The molecule has 0 aliphatic rings. The van der Waals surface area contributed by atoms with Crippen LogP contribution in [-0.2, 0) is 4.79 Å². The Hall–Kier alpha value is -0.840. The summed E-state index contributed by atoms with van der Waals surface area (Å²) in [6.07, 6.45) is 4.29. The van der Waals surface area contributed by atoms with Crippen LogP contribution in [0.1, 0.15) is 24.6 Å². The van der Waals surface area contributed by atoms with Gasteiger partial charge in [0.15, 0.2) is 0 Å². The van der Waals surface area contributed by atoms with Crippen molar-refractivity contribution >= 4 is 34.9 Å². The predicted octanol–water partition coefficient (Wildman–Crippen LogP) is 2.69. The van der Waals surface area contributed by atoms with E-state index in [1.165, 1.54) is 17.4 Å². The molecule has 1 heterocycles. The van der Waals surface area contributed by atoms with E-state index in [4.69, 9.17) is 11.6 Å². The smallest absolute Gasteiger partial charge is 0.244 e. The Labute approximate surface area is 110 Å². The van der Waals surface area contributed by atoms with Gasteiger partial charge in [-0.05, 0) is 24.6 Å². The van der Waals surface area contributed by atoms with E-state index in [-0.39, 0.29) is 5.91 Å². The maximum absolute atomic E-state index is 11.4. The molecule has 0 spiro atoms. The molecule has 1 aromatic heterocycles. The summed E-state index contributed by atoms with van der Waals surface area (Å²) in [6, 6.07) is 3.64. The molecule has 0 bridgehead atoms. The minimum absolute atomic E-state index is 0.204. The quantitative estimate of drug-likeness (QED) is 0.783. The van der Waals surface area contributed by atoms with Crippen LogP contribution in [0.5, 0.6) is 0 Å². The molecule has 2 N–H and O–H groups in total. The minimum Gasteiger partial charge on any atom is -0.391 e. The summed E-state index contributed by atoms with van der Waals surface area (Å²) in [5, 5.41) is 12.1. The number of thiophene rings is 1. The van der Waals surface area contributed by atoms with Gasteiger partial charge in [0.1, 0.15) is 0 Å². The highest BCUT2D eigenvalue weighted by molar-refractivity contribution is 7.17. The molecule has 1 aromatic rings.